The summed E-state index contributed by atoms with van der Waals surface area (Å²) in [6.07, 6.45) is 2.82. The van der Waals surface area contributed by atoms with E-state index in [0.29, 0.717) is 6.42 Å². The van der Waals surface area contributed by atoms with Crippen molar-refractivity contribution in [3.63, 3.8) is 0 Å². The largest absolute Gasteiger partial charge is 1.00 e. The van der Waals surface area contributed by atoms with Crippen LogP contribution in [-0.2, 0) is 10.1 Å². The van der Waals surface area contributed by atoms with E-state index in [1.165, 1.54) is 0 Å². The molecule has 0 aromatic heterocycles. The van der Waals surface area contributed by atoms with Gasteiger partial charge in [-0.15, -0.1) is 0 Å². The monoisotopic (exact) mass is 218 g/mol. The number of aliphatic hydroxyl groups is 1. The van der Waals surface area contributed by atoms with E-state index in [9.17, 15) is 13.0 Å². The van der Waals surface area contributed by atoms with Gasteiger partial charge in [0, 0.05) is 0 Å². The Balaban J connectivity index is 0. The Hall–Kier alpha value is 0.870. The molecular weight excluding hydrogens is 203 g/mol. The summed E-state index contributed by atoms with van der Waals surface area (Å²) < 4.78 is 31.3. The summed E-state index contributed by atoms with van der Waals surface area (Å²) in [6, 6.07) is 0. The molecule has 0 saturated heterocycles. The maximum absolute atomic E-state index is 10.4. The predicted octanol–water partition coefficient (Wildman–Crippen LogP) is -2.52. The number of rotatable bonds is 6. The van der Waals surface area contributed by atoms with E-state index in [4.69, 9.17) is 5.11 Å². The summed E-state index contributed by atoms with van der Waals surface area (Å²) in [5.41, 5.74) is 0. The first kappa shape index (κ1) is 16.3. The zero-order valence-corrected chi connectivity index (χ0v) is 11.0. The van der Waals surface area contributed by atoms with Gasteiger partial charge in [0.1, 0.15) is 0 Å². The molecule has 0 spiro atoms. The Bertz CT molecular complexity index is 203. The first-order chi connectivity index (χ1) is 5.52. The van der Waals surface area contributed by atoms with Crippen LogP contribution < -0.4 is 29.6 Å². The van der Waals surface area contributed by atoms with Crippen molar-refractivity contribution in [3.05, 3.63) is 0 Å². The van der Waals surface area contributed by atoms with Crippen molar-refractivity contribution in [1.82, 2.24) is 0 Å². The van der Waals surface area contributed by atoms with Crippen LogP contribution in [0, 0.1) is 0 Å². The van der Waals surface area contributed by atoms with E-state index in [1.807, 2.05) is 6.92 Å². The Kier molecular flexibility index (Phi) is 10.3. The Morgan fingerprint density at radius 1 is 1.38 bits per heavy atom. The fourth-order valence-electron chi connectivity index (χ4n) is 0.949. The molecule has 0 amide bonds. The zero-order valence-electron chi connectivity index (χ0n) is 8.19. The molecule has 0 rings (SSSR count). The van der Waals surface area contributed by atoms with E-state index >= 15 is 0 Å². The second-order valence-corrected chi connectivity index (χ2v) is 4.45. The van der Waals surface area contributed by atoms with Gasteiger partial charge >= 0.3 is 29.6 Å². The van der Waals surface area contributed by atoms with Crippen molar-refractivity contribution in [2.75, 3.05) is 6.61 Å². The van der Waals surface area contributed by atoms with Crippen LogP contribution in [0.25, 0.3) is 0 Å². The van der Waals surface area contributed by atoms with Crippen molar-refractivity contribution >= 4 is 10.1 Å². The van der Waals surface area contributed by atoms with Crippen molar-refractivity contribution in [2.45, 2.75) is 37.9 Å². The third-order valence-corrected chi connectivity index (χ3v) is 2.94. The Morgan fingerprint density at radius 2 is 1.92 bits per heavy atom. The summed E-state index contributed by atoms with van der Waals surface area (Å²) >= 11 is 0. The van der Waals surface area contributed by atoms with E-state index in [0.717, 1.165) is 12.8 Å². The minimum Gasteiger partial charge on any atom is -0.748 e. The molecule has 0 heterocycles. The third-order valence-electron chi connectivity index (χ3n) is 1.74. The zero-order chi connectivity index (χ0) is 9.61. The quantitative estimate of drug-likeness (QED) is 0.303. The van der Waals surface area contributed by atoms with Gasteiger partial charge < -0.3 is 9.66 Å². The standard InChI is InChI=1S/C7H16O4S.Na/c1-2-3-4-5-7(6-8)12(9,10)11;/h7-8H,2-6H2,1H3,(H,9,10,11);/q;+1/p-1. The SMILES string of the molecule is CCCCCC(CO)S(=O)(=O)[O-].[Na+]. The van der Waals surface area contributed by atoms with Crippen LogP contribution in [-0.4, -0.2) is 29.9 Å². The maximum Gasteiger partial charge on any atom is 1.00 e. The first-order valence-electron chi connectivity index (χ1n) is 4.08. The molecule has 0 aliphatic carbocycles. The normalized spacial score (nSPS) is 13.5. The minimum atomic E-state index is -4.30. The molecule has 0 radical (unpaired) electrons. The van der Waals surface area contributed by atoms with Crippen LogP contribution in [0.15, 0.2) is 0 Å². The van der Waals surface area contributed by atoms with Gasteiger partial charge in [0.15, 0.2) is 0 Å². The van der Waals surface area contributed by atoms with Crippen LogP contribution in [0.4, 0.5) is 0 Å². The number of unbranched alkanes of at least 4 members (excludes halogenated alkanes) is 2. The average Bonchev–Trinajstić information content (AvgIpc) is 1.95. The molecule has 74 valence electrons. The van der Waals surface area contributed by atoms with Gasteiger partial charge in [-0.05, 0) is 6.42 Å². The van der Waals surface area contributed by atoms with Gasteiger partial charge in [-0.25, -0.2) is 8.42 Å². The predicted molar refractivity (Wildman–Crippen MR) is 44.7 cm³/mol. The second kappa shape index (κ2) is 8.20. The summed E-state index contributed by atoms with van der Waals surface area (Å²) in [5, 5.41) is 7.47. The molecule has 1 N–H and O–H groups in total. The van der Waals surface area contributed by atoms with Gasteiger partial charge in [-0.1, -0.05) is 26.2 Å². The van der Waals surface area contributed by atoms with E-state index in [-0.39, 0.29) is 36.0 Å². The summed E-state index contributed by atoms with van der Waals surface area (Å²) in [7, 11) is -4.30. The molecule has 0 aliphatic rings. The van der Waals surface area contributed by atoms with Crippen molar-refractivity contribution in [1.29, 1.82) is 0 Å². The minimum absolute atomic E-state index is 0. The van der Waals surface area contributed by atoms with Crippen molar-refractivity contribution < 1.29 is 47.6 Å². The molecule has 0 saturated carbocycles. The molecular formula is C7H15NaO4S. The fourth-order valence-corrected chi connectivity index (χ4v) is 1.59. The second-order valence-electron chi connectivity index (χ2n) is 2.79. The van der Waals surface area contributed by atoms with Crippen LogP contribution in [0.1, 0.15) is 32.6 Å². The molecule has 0 aromatic carbocycles. The molecule has 0 bridgehead atoms. The van der Waals surface area contributed by atoms with Crippen LogP contribution in [0.5, 0.6) is 0 Å². The van der Waals surface area contributed by atoms with Crippen LogP contribution in [0.2, 0.25) is 0 Å². The topological polar surface area (TPSA) is 77.4 Å². The molecule has 0 fully saturated rings. The van der Waals surface area contributed by atoms with E-state index in [1.54, 1.807) is 0 Å². The van der Waals surface area contributed by atoms with E-state index < -0.39 is 22.0 Å². The molecule has 6 heteroatoms. The van der Waals surface area contributed by atoms with Crippen molar-refractivity contribution in [2.24, 2.45) is 0 Å². The number of hydrogen-bond donors (Lipinski definition) is 1. The average molecular weight is 218 g/mol. The summed E-state index contributed by atoms with van der Waals surface area (Å²) in [5.74, 6) is 0. The van der Waals surface area contributed by atoms with Gasteiger partial charge in [-0.2, -0.15) is 0 Å². The third kappa shape index (κ3) is 7.90. The molecule has 1 atom stereocenters. The van der Waals surface area contributed by atoms with Gasteiger partial charge in [0.2, 0.25) is 0 Å². The number of aliphatic hydroxyl groups excluding tert-OH is 1. The van der Waals surface area contributed by atoms with Crippen LogP contribution in [0.3, 0.4) is 0 Å². The van der Waals surface area contributed by atoms with Crippen molar-refractivity contribution in [3.8, 4) is 0 Å². The smallest absolute Gasteiger partial charge is 0.748 e. The van der Waals surface area contributed by atoms with Gasteiger partial charge in [0.25, 0.3) is 0 Å². The van der Waals surface area contributed by atoms with Gasteiger partial charge in [-0.3, -0.25) is 0 Å². The summed E-state index contributed by atoms with van der Waals surface area (Å²) in [4.78, 5) is 0. The molecule has 0 aromatic rings. The van der Waals surface area contributed by atoms with Crippen LogP contribution >= 0.6 is 0 Å². The molecule has 1 unspecified atom stereocenters. The fraction of sp³-hybridized carbons (Fsp3) is 1.00. The van der Waals surface area contributed by atoms with Gasteiger partial charge in [0.05, 0.1) is 22.0 Å². The maximum atomic E-state index is 10.4. The molecule has 0 aliphatic heterocycles. The first-order valence-corrected chi connectivity index (χ1v) is 5.55. The Morgan fingerprint density at radius 3 is 2.23 bits per heavy atom. The molecule has 13 heavy (non-hydrogen) atoms. The number of hydrogen-bond acceptors (Lipinski definition) is 4. The Labute approximate surface area is 102 Å². The van der Waals surface area contributed by atoms with E-state index in [2.05, 4.69) is 0 Å². The molecule has 4 nitrogen and oxygen atoms in total. The summed E-state index contributed by atoms with van der Waals surface area (Å²) in [6.45, 7) is 1.43.